The number of rotatable bonds is 13. The first kappa shape index (κ1) is 22.3. The van der Waals surface area contributed by atoms with E-state index in [0.29, 0.717) is 12.8 Å². The van der Waals surface area contributed by atoms with Crippen LogP contribution in [0.25, 0.3) is 0 Å². The highest BCUT2D eigenvalue weighted by Crippen LogP contribution is 2.07. The molecule has 0 aliphatic heterocycles. The van der Waals surface area contributed by atoms with Gasteiger partial charge < -0.3 is 9.47 Å². The summed E-state index contributed by atoms with van der Waals surface area (Å²) in [6, 6.07) is 0. The van der Waals surface area contributed by atoms with Crippen LogP contribution in [0.15, 0.2) is 0 Å². The fourth-order valence-corrected chi connectivity index (χ4v) is 2.04. The summed E-state index contributed by atoms with van der Waals surface area (Å²) in [4.78, 5) is 45.6. The van der Waals surface area contributed by atoms with E-state index in [1.807, 2.05) is 13.8 Å². The van der Waals surface area contributed by atoms with Crippen molar-refractivity contribution in [2.24, 2.45) is 0 Å². The maximum Gasteiger partial charge on any atom is 0.313 e. The maximum absolute atomic E-state index is 11.4. The van der Waals surface area contributed by atoms with Gasteiger partial charge in [-0.15, -0.1) is 0 Å². The van der Waals surface area contributed by atoms with Crippen LogP contribution in [0, 0.1) is 0 Å². The number of hydrogen-bond acceptors (Lipinski definition) is 6. The van der Waals surface area contributed by atoms with E-state index in [-0.39, 0.29) is 25.7 Å². The largest absolute Gasteiger partial charge is 0.393 e. The van der Waals surface area contributed by atoms with Crippen molar-refractivity contribution < 1.29 is 28.7 Å². The Balaban J connectivity index is 3.66. The molecular weight excluding hydrogens is 312 g/mol. The topological polar surface area (TPSA) is 86.7 Å². The van der Waals surface area contributed by atoms with E-state index < -0.39 is 23.9 Å². The molecule has 0 aromatic rings. The monoisotopic (exact) mass is 342 g/mol. The van der Waals surface area contributed by atoms with Crippen LogP contribution >= 0.6 is 0 Å². The van der Waals surface area contributed by atoms with Crippen molar-refractivity contribution in [2.75, 3.05) is 0 Å². The highest BCUT2D eigenvalue weighted by atomic mass is 16.6. The average molecular weight is 342 g/mol. The van der Waals surface area contributed by atoms with Gasteiger partial charge in [0.15, 0.2) is 0 Å². The van der Waals surface area contributed by atoms with E-state index in [4.69, 9.17) is 0 Å². The maximum atomic E-state index is 11.4. The summed E-state index contributed by atoms with van der Waals surface area (Å²) in [7, 11) is 0. The van der Waals surface area contributed by atoms with E-state index in [1.165, 1.54) is 0 Å². The van der Waals surface area contributed by atoms with Crippen LogP contribution in [0.5, 0.6) is 0 Å². The molecule has 0 rings (SSSR count). The minimum atomic E-state index is -0.569. The van der Waals surface area contributed by atoms with Gasteiger partial charge in [0, 0.05) is 25.7 Å². The zero-order chi connectivity index (χ0) is 18.2. The lowest BCUT2D eigenvalue weighted by Crippen LogP contribution is -2.13. The Morgan fingerprint density at radius 2 is 0.750 bits per heavy atom. The van der Waals surface area contributed by atoms with Crippen molar-refractivity contribution in [1.82, 2.24) is 0 Å². The first-order chi connectivity index (χ1) is 11.5. The molecule has 24 heavy (non-hydrogen) atoms. The van der Waals surface area contributed by atoms with Crippen molar-refractivity contribution >= 4 is 23.9 Å². The van der Waals surface area contributed by atoms with Crippen molar-refractivity contribution in [2.45, 2.75) is 90.9 Å². The molecule has 0 saturated carbocycles. The van der Waals surface area contributed by atoms with E-state index in [2.05, 4.69) is 9.47 Å². The molecule has 0 heterocycles. The molecule has 0 amide bonds. The predicted molar refractivity (Wildman–Crippen MR) is 89.0 cm³/mol. The molecule has 0 aliphatic carbocycles. The lowest BCUT2D eigenvalue weighted by Gasteiger charge is -2.04. The van der Waals surface area contributed by atoms with Gasteiger partial charge in [0.05, 0.1) is 0 Å². The SMILES string of the molecule is CCCCCC(=O)OC(=O)CCCCC(=O)OC(=O)CCCCC. The van der Waals surface area contributed by atoms with Crippen LogP contribution in [0.2, 0.25) is 0 Å². The molecule has 0 radical (unpaired) electrons. The number of hydrogen-bond donors (Lipinski definition) is 0. The summed E-state index contributed by atoms with van der Waals surface area (Å²) in [5.74, 6) is -2.13. The molecule has 0 unspecified atom stereocenters. The van der Waals surface area contributed by atoms with Gasteiger partial charge in [0.25, 0.3) is 0 Å². The molecule has 0 bridgehead atoms. The Bertz CT molecular complexity index is 364. The third-order valence-corrected chi connectivity index (χ3v) is 3.44. The zero-order valence-corrected chi connectivity index (χ0v) is 14.9. The van der Waals surface area contributed by atoms with Crippen molar-refractivity contribution in [3.8, 4) is 0 Å². The van der Waals surface area contributed by atoms with Gasteiger partial charge in [-0.3, -0.25) is 19.2 Å². The minimum absolute atomic E-state index is 0.0806. The number of unbranched alkanes of at least 4 members (excludes halogenated alkanes) is 5. The number of ether oxygens (including phenoxy) is 2. The van der Waals surface area contributed by atoms with Crippen molar-refractivity contribution in [3.63, 3.8) is 0 Å². The molecule has 6 nitrogen and oxygen atoms in total. The lowest BCUT2D eigenvalue weighted by atomic mass is 10.2. The first-order valence-electron chi connectivity index (χ1n) is 8.96. The molecule has 0 N–H and O–H groups in total. The molecule has 0 aromatic carbocycles. The van der Waals surface area contributed by atoms with Gasteiger partial charge in [-0.05, 0) is 25.7 Å². The molecule has 0 atom stereocenters. The zero-order valence-electron chi connectivity index (χ0n) is 14.9. The highest BCUT2D eigenvalue weighted by Gasteiger charge is 2.12. The highest BCUT2D eigenvalue weighted by molar-refractivity contribution is 5.86. The Hall–Kier alpha value is -1.72. The lowest BCUT2D eigenvalue weighted by molar-refractivity contribution is -0.162. The quantitative estimate of drug-likeness (QED) is 0.287. The Kier molecular flexibility index (Phi) is 13.8. The third kappa shape index (κ3) is 13.9. The van der Waals surface area contributed by atoms with Gasteiger partial charge in [-0.1, -0.05) is 39.5 Å². The van der Waals surface area contributed by atoms with E-state index in [1.54, 1.807) is 0 Å². The van der Waals surface area contributed by atoms with Gasteiger partial charge in [-0.25, -0.2) is 0 Å². The van der Waals surface area contributed by atoms with Crippen LogP contribution in [0.3, 0.4) is 0 Å². The summed E-state index contributed by atoms with van der Waals surface area (Å²) in [5.41, 5.74) is 0. The van der Waals surface area contributed by atoms with Crippen molar-refractivity contribution in [1.29, 1.82) is 0 Å². The van der Waals surface area contributed by atoms with Crippen LogP contribution in [0.1, 0.15) is 90.9 Å². The molecule has 0 saturated heterocycles. The summed E-state index contributed by atoms with van der Waals surface area (Å²) >= 11 is 0. The summed E-state index contributed by atoms with van der Waals surface area (Å²) < 4.78 is 9.35. The summed E-state index contributed by atoms with van der Waals surface area (Å²) in [6.07, 6.45) is 6.82. The Morgan fingerprint density at radius 1 is 0.500 bits per heavy atom. The van der Waals surface area contributed by atoms with Gasteiger partial charge in [0.1, 0.15) is 0 Å². The number of carbonyl (C=O) groups is 4. The van der Waals surface area contributed by atoms with Gasteiger partial charge in [-0.2, -0.15) is 0 Å². The second-order valence-corrected chi connectivity index (χ2v) is 5.81. The summed E-state index contributed by atoms with van der Waals surface area (Å²) in [5, 5.41) is 0. The number of esters is 4. The summed E-state index contributed by atoms with van der Waals surface area (Å²) in [6.45, 7) is 4.06. The molecule has 0 aliphatic rings. The van der Waals surface area contributed by atoms with Crippen LogP contribution in [-0.4, -0.2) is 23.9 Å². The van der Waals surface area contributed by atoms with Crippen LogP contribution < -0.4 is 0 Å². The Morgan fingerprint density at radius 3 is 1.00 bits per heavy atom. The molecular formula is C18H30O6. The second kappa shape index (κ2) is 14.8. The minimum Gasteiger partial charge on any atom is -0.393 e. The van der Waals surface area contributed by atoms with Crippen LogP contribution in [0.4, 0.5) is 0 Å². The fourth-order valence-electron chi connectivity index (χ4n) is 2.04. The molecule has 0 aromatic heterocycles. The standard InChI is InChI=1S/C18H30O6/c1-3-5-7-11-15(19)23-17(21)13-9-10-14-18(22)24-16(20)12-8-6-4-2/h3-14H2,1-2H3. The molecule has 0 fully saturated rings. The predicted octanol–water partition coefficient (Wildman–Crippen LogP) is 3.85. The van der Waals surface area contributed by atoms with Gasteiger partial charge >= 0.3 is 23.9 Å². The second-order valence-electron chi connectivity index (χ2n) is 5.81. The molecule has 0 spiro atoms. The average Bonchev–Trinajstić information content (AvgIpc) is 2.52. The van der Waals surface area contributed by atoms with E-state index >= 15 is 0 Å². The van der Waals surface area contributed by atoms with Crippen molar-refractivity contribution in [3.05, 3.63) is 0 Å². The molecule has 138 valence electrons. The van der Waals surface area contributed by atoms with E-state index in [9.17, 15) is 19.2 Å². The molecule has 6 heteroatoms. The third-order valence-electron chi connectivity index (χ3n) is 3.44. The van der Waals surface area contributed by atoms with Gasteiger partial charge in [0.2, 0.25) is 0 Å². The Labute approximate surface area is 144 Å². The van der Waals surface area contributed by atoms with E-state index in [0.717, 1.165) is 38.5 Å². The normalized spacial score (nSPS) is 10.2. The number of carbonyl (C=O) groups excluding carboxylic acids is 4. The fraction of sp³-hybridized carbons (Fsp3) is 0.778. The first-order valence-corrected chi connectivity index (χ1v) is 8.96. The smallest absolute Gasteiger partial charge is 0.313 e. The van der Waals surface area contributed by atoms with Crippen LogP contribution in [-0.2, 0) is 28.7 Å².